The van der Waals surface area contributed by atoms with Crippen molar-refractivity contribution in [1.29, 1.82) is 0 Å². The van der Waals surface area contributed by atoms with Gasteiger partial charge < -0.3 is 15.1 Å². The fraction of sp³-hybridized carbons (Fsp3) is 0.333. The van der Waals surface area contributed by atoms with Crippen LogP contribution < -0.4 is 0 Å². The third-order valence-electron chi connectivity index (χ3n) is 2.46. The summed E-state index contributed by atoms with van der Waals surface area (Å²) in [6, 6.07) is 4.51. The van der Waals surface area contributed by atoms with Crippen LogP contribution in [0.1, 0.15) is 23.7 Å². The molecule has 0 atom stereocenters. The minimum atomic E-state index is -0.945. The van der Waals surface area contributed by atoms with Crippen molar-refractivity contribution in [2.75, 3.05) is 13.1 Å². The van der Waals surface area contributed by atoms with Gasteiger partial charge >= 0.3 is 5.97 Å². The Morgan fingerprint density at radius 1 is 1.39 bits per heavy atom. The van der Waals surface area contributed by atoms with Crippen LogP contribution in [0.3, 0.4) is 0 Å². The summed E-state index contributed by atoms with van der Waals surface area (Å²) in [5.74, 6) is -1.25. The lowest BCUT2D eigenvalue weighted by atomic mass is 10.2. The van der Waals surface area contributed by atoms with Gasteiger partial charge in [-0.15, -0.1) is 0 Å². The van der Waals surface area contributed by atoms with Crippen molar-refractivity contribution >= 4 is 27.8 Å². The Labute approximate surface area is 113 Å². The minimum Gasteiger partial charge on any atom is -0.507 e. The van der Waals surface area contributed by atoms with Gasteiger partial charge in [-0.2, -0.15) is 0 Å². The van der Waals surface area contributed by atoms with E-state index in [1.54, 1.807) is 19.1 Å². The van der Waals surface area contributed by atoms with Gasteiger partial charge in [0.1, 0.15) is 5.75 Å². The molecule has 0 aliphatic carbocycles. The molecular formula is C12H14BrNO4. The number of nitrogens with zero attached hydrogens (tertiary/aromatic N) is 1. The maximum Gasteiger partial charge on any atom is 0.305 e. The quantitative estimate of drug-likeness (QED) is 0.872. The van der Waals surface area contributed by atoms with Crippen molar-refractivity contribution in [3.05, 3.63) is 28.2 Å². The van der Waals surface area contributed by atoms with Crippen LogP contribution in [0.5, 0.6) is 5.75 Å². The highest BCUT2D eigenvalue weighted by Gasteiger charge is 2.16. The molecule has 5 nitrogen and oxygen atoms in total. The molecule has 18 heavy (non-hydrogen) atoms. The number of carbonyl (C=O) groups excluding carboxylic acids is 1. The molecule has 0 aliphatic heterocycles. The average molecular weight is 316 g/mol. The summed E-state index contributed by atoms with van der Waals surface area (Å²) >= 11 is 3.13. The predicted molar refractivity (Wildman–Crippen MR) is 69.6 cm³/mol. The van der Waals surface area contributed by atoms with Gasteiger partial charge in [-0.05, 0) is 41.1 Å². The Hall–Kier alpha value is -1.56. The van der Waals surface area contributed by atoms with Crippen molar-refractivity contribution in [3.63, 3.8) is 0 Å². The van der Waals surface area contributed by atoms with Gasteiger partial charge in [0.05, 0.1) is 10.9 Å². The first-order valence-corrected chi connectivity index (χ1v) is 6.24. The van der Waals surface area contributed by atoms with E-state index in [1.807, 2.05) is 0 Å². The summed E-state index contributed by atoms with van der Waals surface area (Å²) in [7, 11) is 0. The summed E-state index contributed by atoms with van der Waals surface area (Å²) in [4.78, 5) is 24.0. The molecule has 1 amide bonds. The van der Waals surface area contributed by atoms with Gasteiger partial charge in [0, 0.05) is 18.7 Å². The van der Waals surface area contributed by atoms with Crippen molar-refractivity contribution in [1.82, 2.24) is 4.90 Å². The van der Waals surface area contributed by atoms with Crippen LogP contribution >= 0.6 is 15.9 Å². The number of hydrogen-bond acceptors (Lipinski definition) is 3. The smallest absolute Gasteiger partial charge is 0.305 e. The van der Waals surface area contributed by atoms with E-state index in [1.165, 1.54) is 11.0 Å². The van der Waals surface area contributed by atoms with Crippen LogP contribution in [-0.2, 0) is 4.79 Å². The minimum absolute atomic E-state index is 0.0184. The number of benzene rings is 1. The third kappa shape index (κ3) is 3.73. The number of halogens is 1. The molecular weight excluding hydrogens is 302 g/mol. The molecule has 0 saturated carbocycles. The number of phenolic OH excluding ortho intramolecular Hbond substituents is 1. The molecule has 0 heterocycles. The van der Waals surface area contributed by atoms with Crippen molar-refractivity contribution in [2.45, 2.75) is 13.3 Å². The van der Waals surface area contributed by atoms with Crippen LogP contribution in [0.4, 0.5) is 0 Å². The Morgan fingerprint density at radius 2 is 2.06 bits per heavy atom. The maximum atomic E-state index is 12.1. The van der Waals surface area contributed by atoms with E-state index in [4.69, 9.17) is 5.11 Å². The second kappa shape index (κ2) is 6.39. The molecule has 0 bridgehead atoms. The standard InChI is InChI=1S/C12H14BrNO4/c1-2-14(6-5-11(16)17)12(18)8-3-4-9(13)10(15)7-8/h3-4,7,15H,2,5-6H2,1H3,(H,16,17). The molecule has 0 saturated heterocycles. The van der Waals surface area contributed by atoms with Crippen LogP contribution in [-0.4, -0.2) is 40.1 Å². The molecule has 0 aliphatic rings. The fourth-order valence-electron chi connectivity index (χ4n) is 1.46. The first kappa shape index (κ1) is 14.5. The van der Waals surface area contributed by atoms with Crippen molar-refractivity contribution < 1.29 is 19.8 Å². The highest BCUT2D eigenvalue weighted by Crippen LogP contribution is 2.24. The number of aliphatic carboxylic acids is 1. The number of carboxylic acids is 1. The molecule has 0 spiro atoms. The van der Waals surface area contributed by atoms with E-state index in [2.05, 4.69) is 15.9 Å². The number of phenols is 1. The van der Waals surface area contributed by atoms with Crippen LogP contribution in [0.2, 0.25) is 0 Å². The van der Waals surface area contributed by atoms with Gasteiger partial charge in [-0.1, -0.05) is 0 Å². The summed E-state index contributed by atoms with van der Waals surface area (Å²) < 4.78 is 0.507. The molecule has 0 unspecified atom stereocenters. The molecule has 0 radical (unpaired) electrons. The molecule has 1 aromatic carbocycles. The van der Waals surface area contributed by atoms with E-state index >= 15 is 0 Å². The van der Waals surface area contributed by atoms with Crippen LogP contribution in [0.25, 0.3) is 0 Å². The molecule has 6 heteroatoms. The van der Waals surface area contributed by atoms with Crippen molar-refractivity contribution in [3.8, 4) is 5.75 Å². The number of hydrogen-bond donors (Lipinski definition) is 2. The first-order valence-electron chi connectivity index (χ1n) is 5.45. The maximum absolute atomic E-state index is 12.1. The number of amides is 1. The highest BCUT2D eigenvalue weighted by atomic mass is 79.9. The Balaban J connectivity index is 2.82. The molecule has 0 fully saturated rings. The Bertz CT molecular complexity index is 461. The lowest BCUT2D eigenvalue weighted by Crippen LogP contribution is -2.32. The van der Waals surface area contributed by atoms with Crippen LogP contribution in [0.15, 0.2) is 22.7 Å². The third-order valence-corrected chi connectivity index (χ3v) is 3.13. The van der Waals surface area contributed by atoms with Gasteiger partial charge in [0.25, 0.3) is 5.91 Å². The van der Waals surface area contributed by atoms with Crippen molar-refractivity contribution in [2.24, 2.45) is 0 Å². The molecule has 98 valence electrons. The molecule has 0 aromatic heterocycles. The highest BCUT2D eigenvalue weighted by molar-refractivity contribution is 9.10. The van der Waals surface area contributed by atoms with Gasteiger partial charge in [0.2, 0.25) is 0 Å². The summed E-state index contributed by atoms with van der Waals surface area (Å²) in [5.41, 5.74) is 0.336. The zero-order valence-electron chi connectivity index (χ0n) is 9.89. The SMILES string of the molecule is CCN(CCC(=O)O)C(=O)c1ccc(Br)c(O)c1. The topological polar surface area (TPSA) is 77.8 Å². The van der Waals surface area contributed by atoms with E-state index in [9.17, 15) is 14.7 Å². The zero-order chi connectivity index (χ0) is 13.7. The zero-order valence-corrected chi connectivity index (χ0v) is 11.5. The Kier molecular flexibility index (Phi) is 5.15. The second-order valence-electron chi connectivity index (χ2n) is 3.69. The summed E-state index contributed by atoms with van der Waals surface area (Å²) in [6.07, 6.45) is -0.0951. The number of rotatable bonds is 5. The summed E-state index contributed by atoms with van der Waals surface area (Å²) in [6.45, 7) is 2.35. The van der Waals surface area contributed by atoms with E-state index in [0.717, 1.165) is 0 Å². The summed E-state index contributed by atoms with van der Waals surface area (Å²) in [5, 5.41) is 18.1. The monoisotopic (exact) mass is 315 g/mol. The van der Waals surface area contributed by atoms with Gasteiger partial charge in [-0.3, -0.25) is 9.59 Å². The van der Waals surface area contributed by atoms with E-state index < -0.39 is 5.97 Å². The molecule has 1 rings (SSSR count). The predicted octanol–water partition coefficient (Wildman–Crippen LogP) is 2.09. The lowest BCUT2D eigenvalue weighted by molar-refractivity contribution is -0.137. The first-order chi connectivity index (χ1) is 8.45. The Morgan fingerprint density at radius 3 is 2.56 bits per heavy atom. The number of carbonyl (C=O) groups is 2. The lowest BCUT2D eigenvalue weighted by Gasteiger charge is -2.20. The second-order valence-corrected chi connectivity index (χ2v) is 4.55. The molecule has 2 N–H and O–H groups in total. The largest absolute Gasteiger partial charge is 0.507 e. The van der Waals surface area contributed by atoms with E-state index in [0.29, 0.717) is 16.6 Å². The van der Waals surface area contributed by atoms with E-state index in [-0.39, 0.29) is 24.6 Å². The van der Waals surface area contributed by atoms with Gasteiger partial charge in [-0.25, -0.2) is 0 Å². The number of carboxylic acid groups (broad SMARTS) is 1. The molecule has 1 aromatic rings. The average Bonchev–Trinajstić information content (AvgIpc) is 2.32. The fourth-order valence-corrected chi connectivity index (χ4v) is 1.71. The normalized spacial score (nSPS) is 10.1. The van der Waals surface area contributed by atoms with Gasteiger partial charge in [0.15, 0.2) is 0 Å². The number of aromatic hydroxyl groups is 1. The van der Waals surface area contributed by atoms with Crippen LogP contribution in [0, 0.1) is 0 Å².